The molecule has 33 heavy (non-hydrogen) atoms. The molecule has 0 unspecified atom stereocenters. The molecular weight excluding hydrogens is 504 g/mol. The first-order chi connectivity index (χ1) is 15.7. The second kappa shape index (κ2) is 11.0. The first kappa shape index (κ1) is 25.0. The molecule has 2 N–H and O–H groups in total. The van der Waals surface area contributed by atoms with E-state index in [1.807, 2.05) is 61.5 Å². The summed E-state index contributed by atoms with van der Waals surface area (Å²) in [4.78, 5) is 13.3. The van der Waals surface area contributed by atoms with Gasteiger partial charge in [0.05, 0.1) is 18.0 Å². The standard InChI is InChI=1S/C25H27BrN2O4S/c1-17-14-22(12-13-24(17)32-3)33(30,31)28-23(15-19-8-5-4-6-9-19)25(29)27-18(2)20-10-7-11-21(26)16-20/h4-14,16,18,23,28H,15H2,1-3H3,(H,27,29)/t18-,23+/m0/s1. The van der Waals surface area contributed by atoms with Gasteiger partial charge in [-0.3, -0.25) is 4.79 Å². The molecule has 3 aromatic carbocycles. The van der Waals surface area contributed by atoms with E-state index in [9.17, 15) is 13.2 Å². The molecule has 8 heteroatoms. The minimum absolute atomic E-state index is 0.0756. The summed E-state index contributed by atoms with van der Waals surface area (Å²) in [5, 5.41) is 2.94. The van der Waals surface area contributed by atoms with Gasteiger partial charge in [0, 0.05) is 4.47 Å². The highest BCUT2D eigenvalue weighted by atomic mass is 79.9. The number of amides is 1. The Morgan fingerprint density at radius 1 is 1.03 bits per heavy atom. The zero-order valence-electron chi connectivity index (χ0n) is 18.7. The van der Waals surface area contributed by atoms with Gasteiger partial charge in [0.15, 0.2) is 0 Å². The lowest BCUT2D eigenvalue weighted by atomic mass is 10.0. The van der Waals surface area contributed by atoms with Gasteiger partial charge in [-0.15, -0.1) is 0 Å². The molecule has 6 nitrogen and oxygen atoms in total. The van der Waals surface area contributed by atoms with Gasteiger partial charge in [0.2, 0.25) is 15.9 Å². The van der Waals surface area contributed by atoms with Crippen molar-refractivity contribution in [2.75, 3.05) is 7.11 Å². The summed E-state index contributed by atoms with van der Waals surface area (Å²) in [6, 6.07) is 20.2. The van der Waals surface area contributed by atoms with Crippen LogP contribution in [0.25, 0.3) is 0 Å². The highest BCUT2D eigenvalue weighted by Gasteiger charge is 2.27. The Hall–Kier alpha value is -2.68. The second-order valence-corrected chi connectivity index (χ2v) is 10.4. The number of sulfonamides is 1. The number of hydrogen-bond donors (Lipinski definition) is 2. The largest absolute Gasteiger partial charge is 0.496 e. The number of benzene rings is 3. The van der Waals surface area contributed by atoms with E-state index in [4.69, 9.17) is 4.74 Å². The average Bonchev–Trinajstić information content (AvgIpc) is 2.79. The third-order valence-corrected chi connectivity index (χ3v) is 7.24. The molecule has 0 radical (unpaired) electrons. The quantitative estimate of drug-likeness (QED) is 0.425. The van der Waals surface area contributed by atoms with E-state index >= 15 is 0 Å². The van der Waals surface area contributed by atoms with Gasteiger partial charge in [0.25, 0.3) is 0 Å². The number of ether oxygens (including phenoxy) is 1. The number of carbonyl (C=O) groups excluding carboxylic acids is 1. The Balaban J connectivity index is 1.85. The molecule has 0 saturated heterocycles. The second-order valence-electron chi connectivity index (χ2n) is 7.78. The van der Waals surface area contributed by atoms with Crippen LogP contribution in [0.2, 0.25) is 0 Å². The molecule has 0 aliphatic heterocycles. The fraction of sp³-hybridized carbons (Fsp3) is 0.240. The monoisotopic (exact) mass is 530 g/mol. The highest BCUT2D eigenvalue weighted by Crippen LogP contribution is 2.22. The van der Waals surface area contributed by atoms with Crippen LogP contribution in [0.1, 0.15) is 29.7 Å². The fourth-order valence-electron chi connectivity index (χ4n) is 3.48. The number of rotatable bonds is 9. The molecule has 0 bridgehead atoms. The smallest absolute Gasteiger partial charge is 0.241 e. The molecule has 0 aromatic heterocycles. The van der Waals surface area contributed by atoms with Crippen LogP contribution in [0.5, 0.6) is 5.75 Å². The topological polar surface area (TPSA) is 84.5 Å². The van der Waals surface area contributed by atoms with Crippen LogP contribution in [0.4, 0.5) is 0 Å². The number of aryl methyl sites for hydroxylation is 1. The van der Waals surface area contributed by atoms with Crippen LogP contribution in [0.15, 0.2) is 82.2 Å². The molecule has 0 spiro atoms. The Labute approximate surface area is 203 Å². The average molecular weight is 531 g/mol. The van der Waals surface area contributed by atoms with E-state index in [2.05, 4.69) is 26.0 Å². The van der Waals surface area contributed by atoms with Gasteiger partial charge in [-0.2, -0.15) is 4.72 Å². The normalized spacial score (nSPS) is 13.2. The van der Waals surface area contributed by atoms with Crippen molar-refractivity contribution in [1.29, 1.82) is 0 Å². The Morgan fingerprint density at radius 2 is 1.76 bits per heavy atom. The van der Waals surface area contributed by atoms with Crippen molar-refractivity contribution >= 4 is 31.9 Å². The van der Waals surface area contributed by atoms with E-state index in [0.29, 0.717) is 11.3 Å². The molecule has 0 aliphatic rings. The number of carbonyl (C=O) groups is 1. The molecule has 0 heterocycles. The lowest BCUT2D eigenvalue weighted by Crippen LogP contribution is -2.48. The summed E-state index contributed by atoms with van der Waals surface area (Å²) >= 11 is 3.44. The van der Waals surface area contributed by atoms with Gasteiger partial charge in [0.1, 0.15) is 11.8 Å². The lowest BCUT2D eigenvalue weighted by Gasteiger charge is -2.22. The molecule has 0 saturated carbocycles. The molecule has 174 valence electrons. The fourth-order valence-corrected chi connectivity index (χ4v) is 5.18. The van der Waals surface area contributed by atoms with Crippen molar-refractivity contribution < 1.29 is 17.9 Å². The van der Waals surface area contributed by atoms with Gasteiger partial charge in [-0.1, -0.05) is 58.4 Å². The maximum Gasteiger partial charge on any atom is 0.241 e. The molecular formula is C25H27BrN2O4S. The number of hydrogen-bond acceptors (Lipinski definition) is 4. The molecule has 2 atom stereocenters. The summed E-state index contributed by atoms with van der Waals surface area (Å²) in [6.07, 6.45) is 0.215. The zero-order chi connectivity index (χ0) is 24.0. The van der Waals surface area contributed by atoms with Crippen molar-refractivity contribution in [3.63, 3.8) is 0 Å². The summed E-state index contributed by atoms with van der Waals surface area (Å²) in [7, 11) is -2.42. The number of nitrogens with one attached hydrogen (secondary N) is 2. The van der Waals surface area contributed by atoms with Gasteiger partial charge in [-0.25, -0.2) is 8.42 Å². The van der Waals surface area contributed by atoms with Crippen molar-refractivity contribution in [3.8, 4) is 5.75 Å². The summed E-state index contributed by atoms with van der Waals surface area (Å²) < 4.78 is 35.0. The SMILES string of the molecule is COc1ccc(S(=O)(=O)N[C@H](Cc2ccccc2)C(=O)N[C@@H](C)c2cccc(Br)c2)cc1C. The van der Waals surface area contributed by atoms with Crippen LogP contribution >= 0.6 is 15.9 Å². The van der Waals surface area contributed by atoms with Crippen molar-refractivity contribution in [1.82, 2.24) is 10.0 Å². The van der Waals surface area contributed by atoms with Gasteiger partial charge < -0.3 is 10.1 Å². The van der Waals surface area contributed by atoms with Crippen molar-refractivity contribution in [2.24, 2.45) is 0 Å². The van der Waals surface area contributed by atoms with Crippen LogP contribution < -0.4 is 14.8 Å². The van der Waals surface area contributed by atoms with E-state index in [0.717, 1.165) is 15.6 Å². The maximum absolute atomic E-state index is 13.2. The molecule has 3 aromatic rings. The molecule has 3 rings (SSSR count). The third kappa shape index (κ3) is 6.66. The predicted octanol–water partition coefficient (Wildman–Crippen LogP) is 4.53. The molecule has 1 amide bonds. The summed E-state index contributed by atoms with van der Waals surface area (Å²) in [5.74, 6) is 0.190. The number of methoxy groups -OCH3 is 1. The summed E-state index contributed by atoms with van der Waals surface area (Å²) in [6.45, 7) is 3.63. The van der Waals surface area contributed by atoms with Crippen molar-refractivity contribution in [2.45, 2.75) is 37.2 Å². The Kier molecular flexibility index (Phi) is 8.29. The minimum Gasteiger partial charge on any atom is -0.496 e. The van der Waals surface area contributed by atoms with E-state index in [1.165, 1.54) is 19.2 Å². The van der Waals surface area contributed by atoms with Crippen LogP contribution in [-0.2, 0) is 21.2 Å². The first-order valence-corrected chi connectivity index (χ1v) is 12.7. The van der Waals surface area contributed by atoms with Gasteiger partial charge >= 0.3 is 0 Å². The maximum atomic E-state index is 13.2. The zero-order valence-corrected chi connectivity index (χ0v) is 21.1. The predicted molar refractivity (Wildman–Crippen MR) is 133 cm³/mol. The lowest BCUT2D eigenvalue weighted by molar-refractivity contribution is -0.123. The van der Waals surface area contributed by atoms with Crippen LogP contribution in [0, 0.1) is 6.92 Å². The third-order valence-electron chi connectivity index (χ3n) is 5.28. The highest BCUT2D eigenvalue weighted by molar-refractivity contribution is 9.10. The van der Waals surface area contributed by atoms with E-state index in [-0.39, 0.29) is 17.4 Å². The van der Waals surface area contributed by atoms with Crippen molar-refractivity contribution in [3.05, 3.63) is 94.0 Å². The van der Waals surface area contributed by atoms with Crippen LogP contribution in [-0.4, -0.2) is 27.5 Å². The van der Waals surface area contributed by atoms with Crippen LogP contribution in [0.3, 0.4) is 0 Å². The Morgan fingerprint density at radius 3 is 2.39 bits per heavy atom. The minimum atomic E-state index is -3.95. The summed E-state index contributed by atoms with van der Waals surface area (Å²) in [5.41, 5.74) is 2.44. The Bertz CT molecular complexity index is 1220. The number of halogens is 1. The van der Waals surface area contributed by atoms with E-state index in [1.54, 1.807) is 13.0 Å². The molecule has 0 fully saturated rings. The van der Waals surface area contributed by atoms with E-state index < -0.39 is 22.0 Å². The molecule has 0 aliphatic carbocycles. The van der Waals surface area contributed by atoms with Gasteiger partial charge in [-0.05, 0) is 67.3 Å². The first-order valence-electron chi connectivity index (χ1n) is 10.5.